The van der Waals surface area contributed by atoms with Crippen molar-refractivity contribution in [3.05, 3.63) is 41.7 Å². The van der Waals surface area contributed by atoms with E-state index in [0.717, 1.165) is 11.3 Å². The molecule has 0 radical (unpaired) electrons. The SMILES string of the molecule is Cc1ccc(NC(=O)Cn2nccc2C)c(N)c1. The molecule has 5 heteroatoms. The second-order valence-corrected chi connectivity index (χ2v) is 4.27. The molecular formula is C13H16N4O. The van der Waals surface area contributed by atoms with E-state index in [2.05, 4.69) is 10.4 Å². The summed E-state index contributed by atoms with van der Waals surface area (Å²) in [5, 5.41) is 6.84. The van der Waals surface area contributed by atoms with Gasteiger partial charge in [-0.05, 0) is 37.6 Å². The Kier molecular flexibility index (Phi) is 3.32. The largest absolute Gasteiger partial charge is 0.397 e. The molecule has 3 N–H and O–H groups in total. The normalized spacial score (nSPS) is 10.3. The zero-order chi connectivity index (χ0) is 13.1. The summed E-state index contributed by atoms with van der Waals surface area (Å²) in [5.74, 6) is -0.141. The molecule has 0 spiro atoms. The van der Waals surface area contributed by atoms with Crippen LogP contribution in [0.3, 0.4) is 0 Å². The van der Waals surface area contributed by atoms with Crippen LogP contribution in [0.4, 0.5) is 11.4 Å². The minimum absolute atomic E-state index is 0.141. The van der Waals surface area contributed by atoms with E-state index < -0.39 is 0 Å². The number of hydrogen-bond acceptors (Lipinski definition) is 3. The molecule has 18 heavy (non-hydrogen) atoms. The van der Waals surface area contributed by atoms with Crippen molar-refractivity contribution in [1.29, 1.82) is 0 Å². The number of nitrogens with zero attached hydrogens (tertiary/aromatic N) is 2. The Bertz CT molecular complexity index is 574. The lowest BCUT2D eigenvalue weighted by Gasteiger charge is -2.09. The zero-order valence-corrected chi connectivity index (χ0v) is 10.5. The van der Waals surface area contributed by atoms with Crippen LogP contribution in [0.2, 0.25) is 0 Å². The summed E-state index contributed by atoms with van der Waals surface area (Å²) in [5.41, 5.74) is 9.05. The fraction of sp³-hybridized carbons (Fsp3) is 0.231. The average molecular weight is 244 g/mol. The van der Waals surface area contributed by atoms with E-state index in [4.69, 9.17) is 5.73 Å². The fourth-order valence-corrected chi connectivity index (χ4v) is 1.69. The smallest absolute Gasteiger partial charge is 0.246 e. The molecule has 0 bridgehead atoms. The molecule has 1 aromatic carbocycles. The van der Waals surface area contributed by atoms with E-state index in [1.807, 2.05) is 32.0 Å². The van der Waals surface area contributed by atoms with Gasteiger partial charge in [-0.15, -0.1) is 0 Å². The predicted octanol–water partition coefficient (Wildman–Crippen LogP) is 1.72. The van der Waals surface area contributed by atoms with Crippen LogP contribution in [-0.2, 0) is 11.3 Å². The highest BCUT2D eigenvalue weighted by Crippen LogP contribution is 2.19. The van der Waals surface area contributed by atoms with Crippen molar-refractivity contribution in [3.63, 3.8) is 0 Å². The first-order chi connectivity index (χ1) is 8.56. The van der Waals surface area contributed by atoms with E-state index in [-0.39, 0.29) is 12.5 Å². The Morgan fingerprint density at radius 1 is 1.39 bits per heavy atom. The molecular weight excluding hydrogens is 228 g/mol. The fourth-order valence-electron chi connectivity index (χ4n) is 1.69. The maximum Gasteiger partial charge on any atom is 0.246 e. The molecule has 0 aliphatic rings. The third-order valence-electron chi connectivity index (χ3n) is 2.70. The molecule has 0 aliphatic carbocycles. The first-order valence-electron chi connectivity index (χ1n) is 5.70. The minimum atomic E-state index is -0.141. The number of aryl methyl sites for hydroxylation is 2. The van der Waals surface area contributed by atoms with Crippen LogP contribution in [0, 0.1) is 13.8 Å². The number of hydrogen-bond donors (Lipinski definition) is 2. The molecule has 0 atom stereocenters. The molecule has 1 amide bonds. The van der Waals surface area contributed by atoms with Gasteiger partial charge in [0, 0.05) is 11.9 Å². The van der Waals surface area contributed by atoms with Crippen molar-refractivity contribution >= 4 is 17.3 Å². The lowest BCUT2D eigenvalue weighted by atomic mass is 10.2. The van der Waals surface area contributed by atoms with E-state index >= 15 is 0 Å². The van der Waals surface area contributed by atoms with Crippen molar-refractivity contribution in [2.45, 2.75) is 20.4 Å². The zero-order valence-electron chi connectivity index (χ0n) is 10.5. The van der Waals surface area contributed by atoms with Crippen LogP contribution in [0.25, 0.3) is 0 Å². The van der Waals surface area contributed by atoms with Crippen molar-refractivity contribution in [2.75, 3.05) is 11.1 Å². The monoisotopic (exact) mass is 244 g/mol. The van der Waals surface area contributed by atoms with E-state index in [1.54, 1.807) is 16.9 Å². The second-order valence-electron chi connectivity index (χ2n) is 4.27. The minimum Gasteiger partial charge on any atom is -0.397 e. The third-order valence-corrected chi connectivity index (χ3v) is 2.70. The Labute approximate surface area is 106 Å². The van der Waals surface area contributed by atoms with E-state index in [1.165, 1.54) is 0 Å². The van der Waals surface area contributed by atoms with Gasteiger partial charge in [-0.1, -0.05) is 6.07 Å². The van der Waals surface area contributed by atoms with Crippen LogP contribution < -0.4 is 11.1 Å². The Hall–Kier alpha value is -2.30. The molecule has 2 rings (SSSR count). The molecule has 0 saturated carbocycles. The summed E-state index contributed by atoms with van der Waals surface area (Å²) in [4.78, 5) is 11.8. The van der Waals surface area contributed by atoms with Gasteiger partial charge >= 0.3 is 0 Å². The van der Waals surface area contributed by atoms with Crippen LogP contribution in [0.15, 0.2) is 30.5 Å². The van der Waals surface area contributed by atoms with Crippen molar-refractivity contribution in [3.8, 4) is 0 Å². The molecule has 1 heterocycles. The maximum atomic E-state index is 11.8. The molecule has 0 aliphatic heterocycles. The van der Waals surface area contributed by atoms with Gasteiger partial charge in [0.05, 0.1) is 11.4 Å². The Balaban J connectivity index is 2.05. The van der Waals surface area contributed by atoms with Crippen molar-refractivity contribution in [2.24, 2.45) is 0 Å². The Morgan fingerprint density at radius 2 is 2.17 bits per heavy atom. The average Bonchev–Trinajstić information content (AvgIpc) is 2.69. The van der Waals surface area contributed by atoms with Crippen LogP contribution in [-0.4, -0.2) is 15.7 Å². The number of rotatable bonds is 3. The molecule has 94 valence electrons. The van der Waals surface area contributed by atoms with Crippen LogP contribution >= 0.6 is 0 Å². The number of carbonyl (C=O) groups excluding carboxylic acids is 1. The molecule has 1 aromatic heterocycles. The summed E-state index contributed by atoms with van der Waals surface area (Å²) in [6.45, 7) is 4.04. The molecule has 0 fully saturated rings. The van der Waals surface area contributed by atoms with Crippen molar-refractivity contribution < 1.29 is 4.79 Å². The van der Waals surface area contributed by atoms with Crippen LogP contribution in [0.5, 0.6) is 0 Å². The summed E-state index contributed by atoms with van der Waals surface area (Å²) in [6.07, 6.45) is 1.67. The molecule has 5 nitrogen and oxygen atoms in total. The lowest BCUT2D eigenvalue weighted by Crippen LogP contribution is -2.20. The summed E-state index contributed by atoms with van der Waals surface area (Å²) in [7, 11) is 0. The lowest BCUT2D eigenvalue weighted by molar-refractivity contribution is -0.116. The number of nitrogens with two attached hydrogens (primary N) is 1. The van der Waals surface area contributed by atoms with Gasteiger partial charge in [0.15, 0.2) is 0 Å². The van der Waals surface area contributed by atoms with Crippen molar-refractivity contribution in [1.82, 2.24) is 9.78 Å². The molecule has 2 aromatic rings. The van der Waals surface area contributed by atoms with Gasteiger partial charge in [-0.2, -0.15) is 5.10 Å². The number of amides is 1. The van der Waals surface area contributed by atoms with E-state index in [0.29, 0.717) is 11.4 Å². The molecule has 0 unspecified atom stereocenters. The highest BCUT2D eigenvalue weighted by molar-refractivity contribution is 5.93. The number of carbonyl (C=O) groups is 1. The second kappa shape index (κ2) is 4.91. The first-order valence-corrected chi connectivity index (χ1v) is 5.70. The number of benzene rings is 1. The van der Waals surface area contributed by atoms with Gasteiger partial charge in [-0.3, -0.25) is 9.48 Å². The number of nitrogens with one attached hydrogen (secondary N) is 1. The van der Waals surface area contributed by atoms with Gasteiger partial charge in [0.1, 0.15) is 6.54 Å². The highest BCUT2D eigenvalue weighted by Gasteiger charge is 2.07. The van der Waals surface area contributed by atoms with Gasteiger partial charge in [0.2, 0.25) is 5.91 Å². The first kappa shape index (κ1) is 12.2. The van der Waals surface area contributed by atoms with Crippen LogP contribution in [0.1, 0.15) is 11.3 Å². The Morgan fingerprint density at radius 3 is 2.78 bits per heavy atom. The van der Waals surface area contributed by atoms with Gasteiger partial charge in [0.25, 0.3) is 0 Å². The number of aromatic nitrogens is 2. The highest BCUT2D eigenvalue weighted by atomic mass is 16.2. The topological polar surface area (TPSA) is 72.9 Å². The molecule has 0 saturated heterocycles. The summed E-state index contributed by atoms with van der Waals surface area (Å²) in [6, 6.07) is 7.39. The van der Waals surface area contributed by atoms with Gasteiger partial charge in [-0.25, -0.2) is 0 Å². The van der Waals surface area contributed by atoms with Gasteiger partial charge < -0.3 is 11.1 Å². The number of anilines is 2. The quantitative estimate of drug-likeness (QED) is 0.807. The summed E-state index contributed by atoms with van der Waals surface area (Å²) < 4.78 is 1.64. The van der Waals surface area contributed by atoms with E-state index in [9.17, 15) is 4.79 Å². The predicted molar refractivity (Wildman–Crippen MR) is 71.2 cm³/mol. The maximum absolute atomic E-state index is 11.8. The number of nitrogen functional groups attached to an aromatic ring is 1. The standard InChI is InChI=1S/C13H16N4O/c1-9-3-4-12(11(14)7-9)16-13(18)8-17-10(2)5-6-15-17/h3-7H,8,14H2,1-2H3,(H,16,18). The third kappa shape index (κ3) is 2.68. The summed E-state index contributed by atoms with van der Waals surface area (Å²) >= 11 is 0.